The lowest BCUT2D eigenvalue weighted by Gasteiger charge is -2.35. The Morgan fingerprint density at radius 3 is 2.68 bits per heavy atom. The van der Waals surface area contributed by atoms with Crippen LogP contribution in [0.5, 0.6) is 5.75 Å². The fourth-order valence-corrected chi connectivity index (χ4v) is 3.48. The van der Waals surface area contributed by atoms with E-state index in [0.717, 1.165) is 11.4 Å². The average molecular weight is 383 g/mol. The highest BCUT2D eigenvalue weighted by atomic mass is 16.5. The van der Waals surface area contributed by atoms with Crippen molar-refractivity contribution in [1.82, 2.24) is 9.88 Å². The van der Waals surface area contributed by atoms with Crippen LogP contribution in [0.25, 0.3) is 0 Å². The zero-order chi connectivity index (χ0) is 20.1. The van der Waals surface area contributed by atoms with Gasteiger partial charge in [0.25, 0.3) is 5.91 Å². The van der Waals surface area contributed by atoms with Crippen molar-refractivity contribution in [2.75, 3.05) is 25.0 Å². The maximum atomic E-state index is 13.1. The van der Waals surface area contributed by atoms with Crippen molar-refractivity contribution in [3.05, 3.63) is 48.2 Å². The molecule has 2 N–H and O–H groups in total. The highest BCUT2D eigenvalue weighted by Gasteiger charge is 2.33. The van der Waals surface area contributed by atoms with Crippen molar-refractivity contribution >= 4 is 23.4 Å². The second-order valence-electron chi connectivity index (χ2n) is 7.07. The zero-order valence-corrected chi connectivity index (χ0v) is 16.1. The highest BCUT2D eigenvalue weighted by molar-refractivity contribution is 5.99. The molecule has 2 aromatic rings. The van der Waals surface area contributed by atoms with Gasteiger partial charge in [0, 0.05) is 25.0 Å². The molecule has 7 nitrogen and oxygen atoms in total. The van der Waals surface area contributed by atoms with Crippen LogP contribution < -0.4 is 10.1 Å². The lowest BCUT2D eigenvalue weighted by atomic mass is 9.90. The van der Waals surface area contributed by atoms with Gasteiger partial charge in [-0.05, 0) is 55.7 Å². The molecule has 1 fully saturated rings. The number of piperidine rings is 1. The number of benzene rings is 1. The zero-order valence-electron chi connectivity index (χ0n) is 16.1. The number of nitrogens with one attached hydrogen (secondary N) is 1. The van der Waals surface area contributed by atoms with Gasteiger partial charge in [-0.25, -0.2) is 4.98 Å². The highest BCUT2D eigenvalue weighted by Crippen LogP contribution is 2.26. The second-order valence-corrected chi connectivity index (χ2v) is 7.07. The molecule has 0 saturated carbocycles. The van der Waals surface area contributed by atoms with E-state index in [9.17, 15) is 14.7 Å². The van der Waals surface area contributed by atoms with Crippen LogP contribution in [0.4, 0.5) is 11.5 Å². The number of ether oxygens (including phenoxy) is 1. The van der Waals surface area contributed by atoms with Gasteiger partial charge < -0.3 is 20.1 Å². The van der Waals surface area contributed by atoms with Crippen LogP contribution in [0.15, 0.2) is 42.6 Å². The molecular formula is C21H25N3O4. The summed E-state index contributed by atoms with van der Waals surface area (Å²) in [5.41, 5.74) is 1.21. The van der Waals surface area contributed by atoms with Gasteiger partial charge >= 0.3 is 5.97 Å². The standard InChI is InChI=1S/C21H25N3O4/c1-3-28-17-8-6-16(7-9-17)23-19-18(5-4-10-22-19)20(25)24-12-14(2)11-15(13-24)21(26)27/h4-10,14-15H,3,11-13H2,1-2H3,(H,22,23)(H,26,27). The van der Waals surface area contributed by atoms with E-state index in [0.29, 0.717) is 31.0 Å². The summed E-state index contributed by atoms with van der Waals surface area (Å²) in [6, 6.07) is 10.8. The number of likely N-dealkylation sites (tertiary alicyclic amines) is 1. The lowest BCUT2D eigenvalue weighted by molar-refractivity contribution is -0.143. The fourth-order valence-electron chi connectivity index (χ4n) is 3.48. The molecule has 3 rings (SSSR count). The van der Waals surface area contributed by atoms with E-state index < -0.39 is 11.9 Å². The average Bonchev–Trinajstić information content (AvgIpc) is 2.69. The van der Waals surface area contributed by atoms with E-state index in [4.69, 9.17) is 4.74 Å². The maximum Gasteiger partial charge on any atom is 0.308 e. The van der Waals surface area contributed by atoms with Crippen LogP contribution in [-0.4, -0.2) is 46.6 Å². The van der Waals surface area contributed by atoms with E-state index >= 15 is 0 Å². The summed E-state index contributed by atoms with van der Waals surface area (Å²) < 4.78 is 5.44. The van der Waals surface area contributed by atoms with Gasteiger partial charge in [0.15, 0.2) is 0 Å². The van der Waals surface area contributed by atoms with Crippen molar-refractivity contribution in [2.24, 2.45) is 11.8 Å². The van der Waals surface area contributed by atoms with Gasteiger partial charge in [0.2, 0.25) is 0 Å². The van der Waals surface area contributed by atoms with E-state index in [-0.39, 0.29) is 18.4 Å². The number of carboxylic acids is 1. The molecule has 1 aliphatic rings. The molecule has 1 amide bonds. The van der Waals surface area contributed by atoms with Gasteiger partial charge in [-0.15, -0.1) is 0 Å². The molecule has 0 aliphatic carbocycles. The monoisotopic (exact) mass is 383 g/mol. The summed E-state index contributed by atoms with van der Waals surface area (Å²) in [4.78, 5) is 30.4. The van der Waals surface area contributed by atoms with Crippen molar-refractivity contribution in [3.8, 4) is 5.75 Å². The van der Waals surface area contributed by atoms with Gasteiger partial charge in [0.05, 0.1) is 18.1 Å². The Morgan fingerprint density at radius 1 is 1.25 bits per heavy atom. The SMILES string of the molecule is CCOc1ccc(Nc2ncccc2C(=O)N2CC(C)CC(C(=O)O)C2)cc1. The Labute approximate surface area is 164 Å². The third-order valence-corrected chi connectivity index (χ3v) is 4.76. The molecule has 7 heteroatoms. The number of hydrogen-bond acceptors (Lipinski definition) is 5. The molecule has 2 unspecified atom stereocenters. The Balaban J connectivity index is 1.79. The molecule has 28 heavy (non-hydrogen) atoms. The number of carbonyl (C=O) groups excluding carboxylic acids is 1. The molecule has 0 bridgehead atoms. The largest absolute Gasteiger partial charge is 0.494 e. The van der Waals surface area contributed by atoms with Crippen LogP contribution in [0.2, 0.25) is 0 Å². The number of aliphatic carboxylic acids is 1. The Bertz CT molecular complexity index is 838. The minimum absolute atomic E-state index is 0.137. The Kier molecular flexibility index (Phi) is 6.13. The summed E-state index contributed by atoms with van der Waals surface area (Å²) in [7, 11) is 0. The van der Waals surface area contributed by atoms with Crippen LogP contribution in [0.3, 0.4) is 0 Å². The molecule has 1 aliphatic heterocycles. The summed E-state index contributed by atoms with van der Waals surface area (Å²) >= 11 is 0. The first-order valence-corrected chi connectivity index (χ1v) is 9.45. The number of carbonyl (C=O) groups is 2. The normalized spacial score (nSPS) is 19.1. The number of aromatic nitrogens is 1. The minimum Gasteiger partial charge on any atom is -0.494 e. The van der Waals surface area contributed by atoms with Crippen molar-refractivity contribution in [1.29, 1.82) is 0 Å². The number of pyridine rings is 1. The molecule has 0 spiro atoms. The van der Waals surface area contributed by atoms with Gasteiger partial charge in [-0.1, -0.05) is 6.92 Å². The summed E-state index contributed by atoms with van der Waals surface area (Å²) in [5.74, 6) is -0.248. The third kappa shape index (κ3) is 4.60. The second kappa shape index (κ2) is 8.73. The number of rotatable bonds is 6. The topological polar surface area (TPSA) is 91.8 Å². The van der Waals surface area contributed by atoms with Crippen molar-refractivity contribution in [2.45, 2.75) is 20.3 Å². The first-order chi connectivity index (χ1) is 13.5. The van der Waals surface area contributed by atoms with E-state index in [1.165, 1.54) is 0 Å². The number of nitrogens with zero attached hydrogens (tertiary/aromatic N) is 2. The van der Waals surface area contributed by atoms with Gasteiger partial charge in [-0.2, -0.15) is 0 Å². The van der Waals surface area contributed by atoms with Crippen LogP contribution >= 0.6 is 0 Å². The van der Waals surface area contributed by atoms with E-state index in [1.807, 2.05) is 38.1 Å². The van der Waals surface area contributed by atoms with E-state index in [2.05, 4.69) is 10.3 Å². The minimum atomic E-state index is -0.858. The molecule has 0 radical (unpaired) electrons. The number of anilines is 2. The summed E-state index contributed by atoms with van der Waals surface area (Å²) in [6.07, 6.45) is 2.20. The molecule has 2 atom stereocenters. The first-order valence-electron chi connectivity index (χ1n) is 9.45. The number of carboxylic acid groups (broad SMARTS) is 1. The quantitative estimate of drug-likeness (QED) is 0.794. The van der Waals surface area contributed by atoms with Crippen LogP contribution in [0.1, 0.15) is 30.6 Å². The van der Waals surface area contributed by atoms with Crippen LogP contribution in [0, 0.1) is 11.8 Å². The van der Waals surface area contributed by atoms with Crippen LogP contribution in [-0.2, 0) is 4.79 Å². The molecule has 148 valence electrons. The van der Waals surface area contributed by atoms with Gasteiger partial charge in [-0.3, -0.25) is 9.59 Å². The molecule has 1 aromatic heterocycles. The molecule has 1 aromatic carbocycles. The molecule has 2 heterocycles. The number of amides is 1. The smallest absolute Gasteiger partial charge is 0.308 e. The first kappa shape index (κ1) is 19.7. The van der Waals surface area contributed by atoms with Gasteiger partial charge in [0.1, 0.15) is 11.6 Å². The Hall–Kier alpha value is -3.09. The van der Waals surface area contributed by atoms with E-state index in [1.54, 1.807) is 23.2 Å². The number of hydrogen-bond donors (Lipinski definition) is 2. The predicted molar refractivity (Wildman–Crippen MR) is 106 cm³/mol. The van der Waals surface area contributed by atoms with Crippen molar-refractivity contribution in [3.63, 3.8) is 0 Å². The summed E-state index contributed by atoms with van der Waals surface area (Å²) in [6.45, 7) is 5.25. The maximum absolute atomic E-state index is 13.1. The lowest BCUT2D eigenvalue weighted by Crippen LogP contribution is -2.45. The molecular weight excluding hydrogens is 358 g/mol. The third-order valence-electron chi connectivity index (χ3n) is 4.76. The summed E-state index contributed by atoms with van der Waals surface area (Å²) in [5, 5.41) is 12.5. The Morgan fingerprint density at radius 2 is 2.00 bits per heavy atom. The molecule has 1 saturated heterocycles. The predicted octanol–water partition coefficient (Wildman–Crippen LogP) is 3.41. The fraction of sp³-hybridized carbons (Fsp3) is 0.381. The van der Waals surface area contributed by atoms with Crippen molar-refractivity contribution < 1.29 is 19.4 Å².